The third-order valence-corrected chi connectivity index (χ3v) is 3.87. The number of benzene rings is 1. The highest BCUT2D eigenvalue weighted by Crippen LogP contribution is 2.17. The third-order valence-electron chi connectivity index (χ3n) is 3.87. The highest BCUT2D eigenvalue weighted by molar-refractivity contribution is 5.74. The fourth-order valence-corrected chi connectivity index (χ4v) is 2.69. The standard InChI is InChI=1S/C16H24N2O/c1-12-7-8-13(2)14(11-12)9-10-17-16(19)18-15-5-3-4-6-15/h7-8,11,15H,3-6,9-10H2,1-2H3,(H2,17,18,19). The highest BCUT2D eigenvalue weighted by atomic mass is 16.2. The zero-order valence-corrected chi connectivity index (χ0v) is 12.0. The Morgan fingerprint density at radius 2 is 2.00 bits per heavy atom. The van der Waals surface area contributed by atoms with Gasteiger partial charge in [-0.15, -0.1) is 0 Å². The number of nitrogens with one attached hydrogen (secondary N) is 2. The molecule has 1 aliphatic rings. The first-order chi connectivity index (χ1) is 9.15. The van der Waals surface area contributed by atoms with E-state index < -0.39 is 0 Å². The molecule has 0 aromatic heterocycles. The Balaban J connectivity index is 1.73. The molecule has 3 nitrogen and oxygen atoms in total. The lowest BCUT2D eigenvalue weighted by Crippen LogP contribution is -2.41. The first kappa shape index (κ1) is 13.9. The summed E-state index contributed by atoms with van der Waals surface area (Å²) >= 11 is 0. The number of carbonyl (C=O) groups is 1. The molecule has 1 saturated carbocycles. The predicted molar refractivity (Wildman–Crippen MR) is 78.4 cm³/mol. The summed E-state index contributed by atoms with van der Waals surface area (Å²) in [6, 6.07) is 6.84. The molecule has 0 spiro atoms. The van der Waals surface area contributed by atoms with Gasteiger partial charge < -0.3 is 10.6 Å². The van der Waals surface area contributed by atoms with Crippen molar-refractivity contribution in [3.05, 3.63) is 34.9 Å². The molecule has 0 atom stereocenters. The predicted octanol–water partition coefficient (Wildman–Crippen LogP) is 3.09. The van der Waals surface area contributed by atoms with Gasteiger partial charge in [-0.3, -0.25) is 0 Å². The molecule has 3 heteroatoms. The van der Waals surface area contributed by atoms with Crippen LogP contribution in [0.25, 0.3) is 0 Å². The van der Waals surface area contributed by atoms with Crippen LogP contribution in [0.15, 0.2) is 18.2 Å². The van der Waals surface area contributed by atoms with Gasteiger partial charge in [-0.05, 0) is 44.2 Å². The zero-order chi connectivity index (χ0) is 13.7. The molecule has 1 aliphatic carbocycles. The normalized spacial score (nSPS) is 15.5. The molecule has 1 aromatic rings. The van der Waals surface area contributed by atoms with E-state index in [1.807, 2.05) is 0 Å². The molecule has 104 valence electrons. The Morgan fingerprint density at radius 3 is 2.74 bits per heavy atom. The molecule has 2 amide bonds. The molecule has 0 bridgehead atoms. The minimum absolute atomic E-state index is 0.0165. The zero-order valence-electron chi connectivity index (χ0n) is 12.0. The van der Waals surface area contributed by atoms with Gasteiger partial charge in [-0.25, -0.2) is 4.79 Å². The number of amides is 2. The highest BCUT2D eigenvalue weighted by Gasteiger charge is 2.16. The minimum atomic E-state index is -0.0165. The number of carbonyl (C=O) groups excluding carboxylic acids is 1. The van der Waals surface area contributed by atoms with Crippen molar-refractivity contribution in [2.24, 2.45) is 0 Å². The van der Waals surface area contributed by atoms with Crippen molar-refractivity contribution in [2.75, 3.05) is 6.54 Å². The lowest BCUT2D eigenvalue weighted by molar-refractivity contribution is 0.237. The summed E-state index contributed by atoms with van der Waals surface area (Å²) in [5.74, 6) is 0. The molecule has 1 fully saturated rings. The van der Waals surface area contributed by atoms with Gasteiger partial charge in [0.15, 0.2) is 0 Å². The van der Waals surface area contributed by atoms with Crippen LogP contribution in [0, 0.1) is 13.8 Å². The van der Waals surface area contributed by atoms with Gasteiger partial charge in [0, 0.05) is 12.6 Å². The Hall–Kier alpha value is -1.51. The fraction of sp³-hybridized carbons (Fsp3) is 0.562. The van der Waals surface area contributed by atoms with Crippen LogP contribution in [0.4, 0.5) is 4.79 Å². The van der Waals surface area contributed by atoms with E-state index in [4.69, 9.17) is 0 Å². The maximum atomic E-state index is 11.7. The van der Waals surface area contributed by atoms with Gasteiger partial charge in [-0.2, -0.15) is 0 Å². The molecular weight excluding hydrogens is 236 g/mol. The molecule has 0 radical (unpaired) electrons. The molecule has 2 rings (SSSR count). The lowest BCUT2D eigenvalue weighted by atomic mass is 10.0. The number of urea groups is 1. The van der Waals surface area contributed by atoms with E-state index >= 15 is 0 Å². The number of rotatable bonds is 4. The summed E-state index contributed by atoms with van der Waals surface area (Å²) in [5.41, 5.74) is 3.89. The van der Waals surface area contributed by atoms with Crippen LogP contribution in [0.1, 0.15) is 42.4 Å². The molecule has 19 heavy (non-hydrogen) atoms. The minimum Gasteiger partial charge on any atom is -0.338 e. The van der Waals surface area contributed by atoms with Crippen molar-refractivity contribution in [1.29, 1.82) is 0 Å². The van der Waals surface area contributed by atoms with E-state index in [2.05, 4.69) is 42.7 Å². The van der Waals surface area contributed by atoms with E-state index in [0.29, 0.717) is 12.6 Å². The summed E-state index contributed by atoms with van der Waals surface area (Å²) in [6.45, 7) is 4.92. The second kappa shape index (κ2) is 6.60. The van der Waals surface area contributed by atoms with Crippen molar-refractivity contribution in [3.63, 3.8) is 0 Å². The molecular formula is C16H24N2O. The number of aryl methyl sites for hydroxylation is 2. The maximum Gasteiger partial charge on any atom is 0.315 e. The van der Waals surface area contributed by atoms with Gasteiger partial charge in [0.2, 0.25) is 0 Å². The molecule has 1 aromatic carbocycles. The molecule has 0 unspecified atom stereocenters. The number of hydrogen-bond donors (Lipinski definition) is 2. The van der Waals surface area contributed by atoms with Gasteiger partial charge in [-0.1, -0.05) is 36.6 Å². The first-order valence-corrected chi connectivity index (χ1v) is 7.25. The van der Waals surface area contributed by atoms with Crippen LogP contribution >= 0.6 is 0 Å². The van der Waals surface area contributed by atoms with Gasteiger partial charge in [0.05, 0.1) is 0 Å². The maximum absolute atomic E-state index is 11.7. The van der Waals surface area contributed by atoms with E-state index in [0.717, 1.165) is 19.3 Å². The summed E-state index contributed by atoms with van der Waals surface area (Å²) in [7, 11) is 0. The van der Waals surface area contributed by atoms with E-state index in [1.54, 1.807) is 0 Å². The second-order valence-corrected chi connectivity index (χ2v) is 5.56. The number of hydrogen-bond acceptors (Lipinski definition) is 1. The molecule has 0 heterocycles. The monoisotopic (exact) mass is 260 g/mol. The fourth-order valence-electron chi connectivity index (χ4n) is 2.69. The molecule has 0 aliphatic heterocycles. The van der Waals surface area contributed by atoms with E-state index in [-0.39, 0.29) is 6.03 Å². The topological polar surface area (TPSA) is 41.1 Å². The molecule has 2 N–H and O–H groups in total. The van der Waals surface area contributed by atoms with Crippen LogP contribution < -0.4 is 10.6 Å². The van der Waals surface area contributed by atoms with Gasteiger partial charge >= 0.3 is 6.03 Å². The van der Waals surface area contributed by atoms with Gasteiger partial charge in [0.1, 0.15) is 0 Å². The van der Waals surface area contributed by atoms with Crippen LogP contribution in [0.2, 0.25) is 0 Å². The smallest absolute Gasteiger partial charge is 0.315 e. The van der Waals surface area contributed by atoms with Crippen LogP contribution in [0.5, 0.6) is 0 Å². The quantitative estimate of drug-likeness (QED) is 0.858. The Morgan fingerprint density at radius 1 is 1.26 bits per heavy atom. The average Bonchev–Trinajstić information content (AvgIpc) is 2.86. The molecule has 0 saturated heterocycles. The van der Waals surface area contributed by atoms with Crippen molar-refractivity contribution in [3.8, 4) is 0 Å². The average molecular weight is 260 g/mol. The van der Waals surface area contributed by atoms with Crippen LogP contribution in [-0.4, -0.2) is 18.6 Å². The SMILES string of the molecule is Cc1ccc(C)c(CCNC(=O)NC2CCCC2)c1. The van der Waals surface area contributed by atoms with Crippen molar-refractivity contribution >= 4 is 6.03 Å². The Kier molecular flexibility index (Phi) is 4.83. The Labute approximate surface area is 115 Å². The largest absolute Gasteiger partial charge is 0.338 e. The summed E-state index contributed by atoms with van der Waals surface area (Å²) < 4.78 is 0. The Bertz CT molecular complexity index is 436. The third kappa shape index (κ3) is 4.27. The van der Waals surface area contributed by atoms with Crippen molar-refractivity contribution < 1.29 is 4.79 Å². The van der Waals surface area contributed by atoms with Crippen LogP contribution in [0.3, 0.4) is 0 Å². The summed E-state index contributed by atoms with van der Waals surface area (Å²) in [6.07, 6.45) is 5.64. The van der Waals surface area contributed by atoms with E-state index in [1.165, 1.54) is 29.5 Å². The van der Waals surface area contributed by atoms with E-state index in [9.17, 15) is 4.79 Å². The second-order valence-electron chi connectivity index (χ2n) is 5.56. The van der Waals surface area contributed by atoms with Crippen molar-refractivity contribution in [1.82, 2.24) is 10.6 Å². The van der Waals surface area contributed by atoms with Crippen LogP contribution in [-0.2, 0) is 6.42 Å². The summed E-state index contributed by atoms with van der Waals surface area (Å²) in [4.78, 5) is 11.7. The van der Waals surface area contributed by atoms with Crippen molar-refractivity contribution in [2.45, 2.75) is 52.0 Å². The summed E-state index contributed by atoms with van der Waals surface area (Å²) in [5, 5.41) is 6.00. The van der Waals surface area contributed by atoms with Gasteiger partial charge in [0.25, 0.3) is 0 Å². The first-order valence-electron chi connectivity index (χ1n) is 7.25. The lowest BCUT2D eigenvalue weighted by Gasteiger charge is -2.13.